The molecule has 0 heterocycles. The summed E-state index contributed by atoms with van der Waals surface area (Å²) in [5.74, 6) is -1.35. The van der Waals surface area contributed by atoms with E-state index in [0.29, 0.717) is 25.7 Å². The molecule has 0 saturated heterocycles. The molecular weight excluding hydrogens is 1130 g/mol. The van der Waals surface area contributed by atoms with Crippen molar-refractivity contribution in [2.75, 3.05) is 39.6 Å². The third-order valence-corrected chi connectivity index (χ3v) is 17.2. The van der Waals surface area contributed by atoms with Gasteiger partial charge in [-0.2, -0.15) is 0 Å². The summed E-state index contributed by atoms with van der Waals surface area (Å²) in [5, 5.41) is 10.5. The molecule has 0 aliphatic rings. The predicted molar refractivity (Wildman–Crippen MR) is 340 cm³/mol. The summed E-state index contributed by atoms with van der Waals surface area (Å²) in [6, 6.07) is 0. The first-order chi connectivity index (χ1) is 41.0. The Bertz CT molecular complexity index is 1650. The minimum Gasteiger partial charge on any atom is -0.462 e. The molecule has 17 nitrogen and oxygen atoms in total. The number of esters is 4. The summed E-state index contributed by atoms with van der Waals surface area (Å²) in [6.07, 6.45) is 44.9. The second kappa shape index (κ2) is 59.7. The molecule has 2 unspecified atom stereocenters. The van der Waals surface area contributed by atoms with Gasteiger partial charge >= 0.3 is 39.5 Å². The number of aliphatic hydroxyl groups is 1. The fourth-order valence-corrected chi connectivity index (χ4v) is 11.5. The smallest absolute Gasteiger partial charge is 0.462 e. The summed E-state index contributed by atoms with van der Waals surface area (Å²) in [4.78, 5) is 72.0. The Morgan fingerprint density at radius 1 is 0.318 bits per heavy atom. The van der Waals surface area contributed by atoms with Crippen LogP contribution in [-0.4, -0.2) is 96.7 Å². The maximum Gasteiger partial charge on any atom is 0.472 e. The van der Waals surface area contributed by atoms with Crippen LogP contribution in [0.3, 0.4) is 0 Å². The zero-order valence-corrected chi connectivity index (χ0v) is 56.5. The molecule has 0 radical (unpaired) electrons. The molecule has 0 saturated carbocycles. The van der Waals surface area contributed by atoms with Crippen molar-refractivity contribution in [1.29, 1.82) is 0 Å². The van der Waals surface area contributed by atoms with Gasteiger partial charge in [-0.15, -0.1) is 0 Å². The molecule has 504 valence electrons. The fourth-order valence-electron chi connectivity index (χ4n) is 9.94. The molecule has 19 heteroatoms. The molecule has 0 bridgehead atoms. The summed E-state index contributed by atoms with van der Waals surface area (Å²) in [7, 11) is -9.88. The topological polar surface area (TPSA) is 237 Å². The van der Waals surface area contributed by atoms with Crippen molar-refractivity contribution >= 4 is 39.5 Å². The van der Waals surface area contributed by atoms with E-state index in [2.05, 4.69) is 34.6 Å². The Morgan fingerprint density at radius 3 is 0.800 bits per heavy atom. The lowest BCUT2D eigenvalue weighted by atomic mass is 10.0. The number of phosphoric acid groups is 2. The third kappa shape index (κ3) is 60.7. The molecule has 0 fully saturated rings. The van der Waals surface area contributed by atoms with Crippen molar-refractivity contribution < 1.29 is 80.2 Å². The van der Waals surface area contributed by atoms with Crippen molar-refractivity contribution in [3.63, 3.8) is 0 Å². The lowest BCUT2D eigenvalue weighted by Crippen LogP contribution is -2.30. The van der Waals surface area contributed by atoms with E-state index in [1.54, 1.807) is 0 Å². The molecule has 5 atom stereocenters. The van der Waals surface area contributed by atoms with Crippen LogP contribution in [0.25, 0.3) is 0 Å². The van der Waals surface area contributed by atoms with Gasteiger partial charge in [0.25, 0.3) is 0 Å². The molecule has 0 amide bonds. The van der Waals surface area contributed by atoms with Gasteiger partial charge in [0, 0.05) is 25.7 Å². The number of carbonyl (C=O) groups excluding carboxylic acids is 4. The van der Waals surface area contributed by atoms with E-state index >= 15 is 0 Å². The van der Waals surface area contributed by atoms with E-state index in [1.165, 1.54) is 148 Å². The predicted octanol–water partition coefficient (Wildman–Crippen LogP) is 18.6. The van der Waals surface area contributed by atoms with Crippen LogP contribution in [0, 0.1) is 5.92 Å². The first-order valence-electron chi connectivity index (χ1n) is 34.6. The molecule has 85 heavy (non-hydrogen) atoms. The molecule has 0 aromatic heterocycles. The summed E-state index contributed by atoms with van der Waals surface area (Å²) < 4.78 is 67.8. The molecule has 0 rings (SSSR count). The van der Waals surface area contributed by atoms with Crippen LogP contribution in [0.4, 0.5) is 0 Å². The molecule has 0 aliphatic carbocycles. The lowest BCUT2D eigenvalue weighted by Gasteiger charge is -2.21. The second-order valence-corrected chi connectivity index (χ2v) is 27.2. The van der Waals surface area contributed by atoms with Crippen molar-refractivity contribution in [2.45, 2.75) is 355 Å². The standard InChI is InChI=1S/C66H128O17P2/c1-6-9-12-15-17-19-20-21-22-26-29-32-36-40-45-50-64(69)77-56-62(83-66(71)52-47-42-37-33-30-27-24-23-25-28-31-34-39-43-48-59(4)5)58-81-85(74,75)79-54-60(67)53-78-84(72,73)80-57-61(55-76-63(68)49-44-38-14-11-8-3)82-65(70)51-46-41-35-18-16-13-10-7-2/h59-62,67H,6-58H2,1-5H3,(H,72,73)(H,74,75)/t60-,61+,62+/m0/s1. The number of carbonyl (C=O) groups is 4. The highest BCUT2D eigenvalue weighted by Gasteiger charge is 2.30. The van der Waals surface area contributed by atoms with Crippen molar-refractivity contribution in [2.24, 2.45) is 5.92 Å². The van der Waals surface area contributed by atoms with Crippen LogP contribution in [0.1, 0.15) is 336 Å². The maximum atomic E-state index is 13.0. The van der Waals surface area contributed by atoms with E-state index in [9.17, 15) is 43.2 Å². The number of phosphoric ester groups is 2. The van der Waals surface area contributed by atoms with Crippen LogP contribution in [0.15, 0.2) is 0 Å². The van der Waals surface area contributed by atoms with Crippen LogP contribution >= 0.6 is 15.6 Å². The largest absolute Gasteiger partial charge is 0.472 e. The van der Waals surface area contributed by atoms with Crippen LogP contribution in [0.2, 0.25) is 0 Å². The number of unbranched alkanes of at least 4 members (excludes halogenated alkanes) is 38. The fraction of sp³-hybridized carbons (Fsp3) is 0.939. The Labute approximate surface area is 517 Å². The van der Waals surface area contributed by atoms with Crippen LogP contribution < -0.4 is 0 Å². The monoisotopic (exact) mass is 1250 g/mol. The lowest BCUT2D eigenvalue weighted by molar-refractivity contribution is -0.161. The first kappa shape index (κ1) is 83.1. The average Bonchev–Trinajstić information content (AvgIpc) is 3.51. The number of ether oxygens (including phenoxy) is 4. The third-order valence-electron chi connectivity index (χ3n) is 15.3. The van der Waals surface area contributed by atoms with Crippen molar-refractivity contribution in [1.82, 2.24) is 0 Å². The normalized spacial score (nSPS) is 14.2. The highest BCUT2D eigenvalue weighted by atomic mass is 31.2. The molecule has 0 aliphatic heterocycles. The van der Waals surface area contributed by atoms with E-state index in [4.69, 9.17) is 37.0 Å². The number of hydrogen-bond acceptors (Lipinski definition) is 15. The molecule has 0 aromatic carbocycles. The van der Waals surface area contributed by atoms with Gasteiger partial charge in [-0.3, -0.25) is 37.3 Å². The van der Waals surface area contributed by atoms with Gasteiger partial charge < -0.3 is 33.8 Å². The molecule has 3 N–H and O–H groups in total. The Hall–Kier alpha value is -1.94. The van der Waals surface area contributed by atoms with Gasteiger partial charge in [0.2, 0.25) is 0 Å². The van der Waals surface area contributed by atoms with Gasteiger partial charge in [0.05, 0.1) is 26.4 Å². The summed E-state index contributed by atoms with van der Waals surface area (Å²) >= 11 is 0. The second-order valence-electron chi connectivity index (χ2n) is 24.3. The van der Waals surface area contributed by atoms with E-state index in [0.717, 1.165) is 109 Å². The van der Waals surface area contributed by atoms with E-state index in [-0.39, 0.29) is 25.7 Å². The van der Waals surface area contributed by atoms with Gasteiger partial charge in [-0.05, 0) is 31.6 Å². The zero-order chi connectivity index (χ0) is 62.8. The van der Waals surface area contributed by atoms with Crippen molar-refractivity contribution in [3.8, 4) is 0 Å². The minimum atomic E-state index is -4.95. The average molecular weight is 1260 g/mol. The van der Waals surface area contributed by atoms with Gasteiger partial charge in [0.1, 0.15) is 19.3 Å². The zero-order valence-electron chi connectivity index (χ0n) is 54.7. The Morgan fingerprint density at radius 2 is 0.541 bits per heavy atom. The molecular formula is C66H128O17P2. The van der Waals surface area contributed by atoms with E-state index in [1.807, 2.05) is 0 Å². The highest BCUT2D eigenvalue weighted by molar-refractivity contribution is 7.47. The van der Waals surface area contributed by atoms with E-state index < -0.39 is 97.5 Å². The number of hydrogen-bond donors (Lipinski definition) is 3. The Balaban J connectivity index is 5.14. The number of aliphatic hydroxyl groups excluding tert-OH is 1. The van der Waals surface area contributed by atoms with Gasteiger partial charge in [0.15, 0.2) is 12.2 Å². The number of rotatable bonds is 66. The first-order valence-corrected chi connectivity index (χ1v) is 37.6. The van der Waals surface area contributed by atoms with Gasteiger partial charge in [-0.25, -0.2) is 9.13 Å². The molecule has 0 aromatic rings. The van der Waals surface area contributed by atoms with Crippen LogP contribution in [-0.2, 0) is 65.4 Å². The molecule has 0 spiro atoms. The Kier molecular flexibility index (Phi) is 58.3. The van der Waals surface area contributed by atoms with Crippen molar-refractivity contribution in [3.05, 3.63) is 0 Å². The maximum absolute atomic E-state index is 13.0. The summed E-state index contributed by atoms with van der Waals surface area (Å²) in [5.41, 5.74) is 0. The quantitative estimate of drug-likeness (QED) is 0.0222. The minimum absolute atomic E-state index is 0.104. The summed E-state index contributed by atoms with van der Waals surface area (Å²) in [6.45, 7) is 7.12. The van der Waals surface area contributed by atoms with Crippen LogP contribution in [0.5, 0.6) is 0 Å². The highest BCUT2D eigenvalue weighted by Crippen LogP contribution is 2.45. The van der Waals surface area contributed by atoms with Gasteiger partial charge in [-0.1, -0.05) is 285 Å². The SMILES string of the molecule is CCCCCCCCCCCCCCCCCC(=O)OC[C@H](COP(=O)(O)OC[C@@H](O)COP(=O)(O)OC[C@@H](COC(=O)CCCCCCC)OC(=O)CCCCCCCCCC)OC(=O)CCCCCCCCCCCCCCCCC(C)C.